The summed E-state index contributed by atoms with van der Waals surface area (Å²) in [6.07, 6.45) is 0.961. The third kappa shape index (κ3) is 8.45. The molecule has 0 saturated heterocycles. The Kier molecular flexibility index (Phi) is 9.87. The van der Waals surface area contributed by atoms with Crippen molar-refractivity contribution in [1.82, 2.24) is 10.6 Å². The molecule has 130 valence electrons. The van der Waals surface area contributed by atoms with Crippen molar-refractivity contribution < 1.29 is 9.47 Å². The van der Waals surface area contributed by atoms with Crippen molar-refractivity contribution in [1.29, 1.82) is 0 Å². The predicted octanol–water partition coefficient (Wildman–Crippen LogP) is 2.81. The largest absolute Gasteiger partial charge is 0.493 e. The second-order valence-electron chi connectivity index (χ2n) is 5.72. The molecule has 0 unspecified atom stereocenters. The first-order valence-electron chi connectivity index (χ1n) is 8.40. The highest BCUT2D eigenvalue weighted by atomic mass is 16.5. The molecule has 0 saturated carbocycles. The monoisotopic (exact) mass is 321 g/mol. The Labute approximate surface area is 140 Å². The van der Waals surface area contributed by atoms with Gasteiger partial charge in [0.15, 0.2) is 5.96 Å². The van der Waals surface area contributed by atoms with Crippen LogP contribution in [-0.2, 0) is 11.3 Å². The van der Waals surface area contributed by atoms with Crippen LogP contribution in [0.5, 0.6) is 5.75 Å². The van der Waals surface area contributed by atoms with Gasteiger partial charge in [0.05, 0.1) is 6.61 Å². The zero-order chi connectivity index (χ0) is 16.9. The number of para-hydroxylation sites is 1. The van der Waals surface area contributed by atoms with Gasteiger partial charge in [-0.25, -0.2) is 0 Å². The van der Waals surface area contributed by atoms with Crippen molar-refractivity contribution in [2.75, 3.05) is 33.4 Å². The van der Waals surface area contributed by atoms with Gasteiger partial charge in [-0.05, 0) is 25.3 Å². The Morgan fingerprint density at radius 3 is 2.70 bits per heavy atom. The topological polar surface area (TPSA) is 54.9 Å². The minimum atomic E-state index is 0.510. The minimum Gasteiger partial charge on any atom is -0.493 e. The standard InChI is InChI=1S/C18H31N3O2/c1-5-22-12-8-11-20-18(19-4)21-13-16-9-6-7-10-17(16)23-14-15(2)3/h6-7,9-10,15H,5,8,11-14H2,1-4H3,(H2,19,20,21). The summed E-state index contributed by atoms with van der Waals surface area (Å²) in [5.74, 6) is 2.23. The number of ether oxygens (including phenoxy) is 2. The Balaban J connectivity index is 2.43. The van der Waals surface area contributed by atoms with Crippen LogP contribution >= 0.6 is 0 Å². The average molecular weight is 321 g/mol. The van der Waals surface area contributed by atoms with Crippen molar-refractivity contribution in [3.63, 3.8) is 0 Å². The zero-order valence-corrected chi connectivity index (χ0v) is 14.9. The van der Waals surface area contributed by atoms with Crippen LogP contribution in [0.15, 0.2) is 29.3 Å². The van der Waals surface area contributed by atoms with Crippen molar-refractivity contribution >= 4 is 5.96 Å². The van der Waals surface area contributed by atoms with Crippen LogP contribution in [0.1, 0.15) is 32.8 Å². The molecule has 5 heteroatoms. The maximum absolute atomic E-state index is 5.87. The van der Waals surface area contributed by atoms with Crippen LogP contribution in [-0.4, -0.2) is 39.4 Å². The molecule has 0 radical (unpaired) electrons. The average Bonchev–Trinajstić information content (AvgIpc) is 2.56. The predicted molar refractivity (Wildman–Crippen MR) is 96.1 cm³/mol. The summed E-state index contributed by atoms with van der Waals surface area (Å²) >= 11 is 0. The van der Waals surface area contributed by atoms with Gasteiger partial charge < -0.3 is 20.1 Å². The highest BCUT2D eigenvalue weighted by molar-refractivity contribution is 5.79. The number of aliphatic imine (C=N–C) groups is 1. The fraction of sp³-hybridized carbons (Fsp3) is 0.611. The third-order valence-corrected chi connectivity index (χ3v) is 3.18. The first-order valence-corrected chi connectivity index (χ1v) is 8.40. The number of nitrogens with one attached hydrogen (secondary N) is 2. The molecule has 0 aliphatic rings. The first-order chi connectivity index (χ1) is 11.2. The Hall–Kier alpha value is -1.75. The molecule has 0 amide bonds. The van der Waals surface area contributed by atoms with E-state index in [0.29, 0.717) is 12.5 Å². The molecule has 1 aromatic carbocycles. The Morgan fingerprint density at radius 1 is 1.22 bits per heavy atom. The normalized spacial score (nSPS) is 11.6. The number of hydrogen-bond donors (Lipinski definition) is 2. The van der Waals surface area contributed by atoms with E-state index in [4.69, 9.17) is 9.47 Å². The zero-order valence-electron chi connectivity index (χ0n) is 14.9. The number of benzene rings is 1. The lowest BCUT2D eigenvalue weighted by Gasteiger charge is -2.15. The van der Waals surface area contributed by atoms with Crippen molar-refractivity contribution in [2.45, 2.75) is 33.7 Å². The SMILES string of the molecule is CCOCCCNC(=NC)NCc1ccccc1OCC(C)C. The van der Waals surface area contributed by atoms with E-state index in [1.165, 1.54) is 0 Å². The molecule has 5 nitrogen and oxygen atoms in total. The molecular formula is C18H31N3O2. The van der Waals surface area contributed by atoms with Gasteiger partial charge >= 0.3 is 0 Å². The molecule has 0 aromatic heterocycles. The van der Waals surface area contributed by atoms with Gasteiger partial charge in [0.25, 0.3) is 0 Å². The van der Waals surface area contributed by atoms with Gasteiger partial charge in [0.1, 0.15) is 5.75 Å². The van der Waals surface area contributed by atoms with Crippen LogP contribution in [0.25, 0.3) is 0 Å². The summed E-state index contributed by atoms with van der Waals surface area (Å²) in [7, 11) is 1.78. The van der Waals surface area contributed by atoms with Gasteiger partial charge in [-0.1, -0.05) is 32.0 Å². The molecule has 0 atom stereocenters. The quantitative estimate of drug-likeness (QED) is 0.395. The molecule has 0 aliphatic heterocycles. The molecule has 0 bridgehead atoms. The third-order valence-electron chi connectivity index (χ3n) is 3.18. The summed E-state index contributed by atoms with van der Waals surface area (Å²) in [5, 5.41) is 6.61. The summed E-state index contributed by atoms with van der Waals surface area (Å²) in [4.78, 5) is 4.24. The smallest absolute Gasteiger partial charge is 0.191 e. The molecule has 0 aliphatic carbocycles. The summed E-state index contributed by atoms with van der Waals surface area (Å²) in [6, 6.07) is 8.11. The molecule has 0 spiro atoms. The number of rotatable bonds is 10. The minimum absolute atomic E-state index is 0.510. The summed E-state index contributed by atoms with van der Waals surface area (Å²) in [6.45, 7) is 10.1. The van der Waals surface area contributed by atoms with Crippen LogP contribution in [0, 0.1) is 5.92 Å². The van der Waals surface area contributed by atoms with Gasteiger partial charge in [-0.15, -0.1) is 0 Å². The van der Waals surface area contributed by atoms with Crippen LogP contribution in [0.2, 0.25) is 0 Å². The van der Waals surface area contributed by atoms with Crippen molar-refractivity contribution in [2.24, 2.45) is 10.9 Å². The van der Waals surface area contributed by atoms with Crippen LogP contribution in [0.4, 0.5) is 0 Å². The van der Waals surface area contributed by atoms with Gasteiger partial charge in [-0.2, -0.15) is 0 Å². The molecule has 23 heavy (non-hydrogen) atoms. The maximum atomic E-state index is 5.87. The van der Waals surface area contributed by atoms with E-state index >= 15 is 0 Å². The molecular weight excluding hydrogens is 290 g/mol. The van der Waals surface area contributed by atoms with E-state index in [0.717, 1.165) is 50.1 Å². The van der Waals surface area contributed by atoms with Crippen molar-refractivity contribution in [3.8, 4) is 5.75 Å². The lowest BCUT2D eigenvalue weighted by molar-refractivity contribution is 0.145. The highest BCUT2D eigenvalue weighted by Gasteiger charge is 2.05. The second-order valence-corrected chi connectivity index (χ2v) is 5.72. The highest BCUT2D eigenvalue weighted by Crippen LogP contribution is 2.18. The molecule has 1 aromatic rings. The number of hydrogen-bond acceptors (Lipinski definition) is 3. The van der Waals surface area contributed by atoms with E-state index in [1.54, 1.807) is 7.05 Å². The number of nitrogens with zero attached hydrogens (tertiary/aromatic N) is 1. The lowest BCUT2D eigenvalue weighted by atomic mass is 10.2. The fourth-order valence-corrected chi connectivity index (χ4v) is 1.97. The molecule has 2 N–H and O–H groups in total. The van der Waals surface area contributed by atoms with Crippen LogP contribution < -0.4 is 15.4 Å². The van der Waals surface area contributed by atoms with Gasteiger partial charge in [-0.3, -0.25) is 4.99 Å². The number of guanidine groups is 1. The van der Waals surface area contributed by atoms with E-state index in [9.17, 15) is 0 Å². The molecule has 1 rings (SSSR count). The maximum Gasteiger partial charge on any atom is 0.191 e. The van der Waals surface area contributed by atoms with Gasteiger partial charge in [0.2, 0.25) is 0 Å². The summed E-state index contributed by atoms with van der Waals surface area (Å²) in [5.41, 5.74) is 1.13. The van der Waals surface area contributed by atoms with E-state index < -0.39 is 0 Å². The molecule has 0 heterocycles. The lowest BCUT2D eigenvalue weighted by Crippen LogP contribution is -2.37. The van der Waals surface area contributed by atoms with E-state index in [-0.39, 0.29) is 0 Å². The Morgan fingerprint density at radius 2 is 2.00 bits per heavy atom. The van der Waals surface area contributed by atoms with E-state index in [2.05, 4.69) is 35.5 Å². The Bertz CT molecular complexity index is 461. The van der Waals surface area contributed by atoms with Gasteiger partial charge in [0, 0.05) is 38.9 Å². The fourth-order valence-electron chi connectivity index (χ4n) is 1.97. The van der Waals surface area contributed by atoms with Crippen LogP contribution in [0.3, 0.4) is 0 Å². The molecule has 0 fully saturated rings. The second kappa shape index (κ2) is 11.8. The van der Waals surface area contributed by atoms with Crippen molar-refractivity contribution in [3.05, 3.63) is 29.8 Å². The first kappa shape index (κ1) is 19.3. The van der Waals surface area contributed by atoms with E-state index in [1.807, 2.05) is 25.1 Å². The summed E-state index contributed by atoms with van der Waals surface area (Å²) < 4.78 is 11.2.